The molecule has 92 valence electrons. The van der Waals surface area contributed by atoms with Gasteiger partial charge >= 0.3 is 0 Å². The van der Waals surface area contributed by atoms with Crippen molar-refractivity contribution in [2.24, 2.45) is 5.73 Å². The molecule has 0 atom stereocenters. The van der Waals surface area contributed by atoms with E-state index in [-0.39, 0.29) is 23.4 Å². The van der Waals surface area contributed by atoms with Crippen LogP contribution in [0.3, 0.4) is 0 Å². The van der Waals surface area contributed by atoms with Gasteiger partial charge in [0.25, 0.3) is 11.8 Å². The second-order valence-electron chi connectivity index (χ2n) is 2.85. The monoisotopic (exact) mass is 274 g/mol. The molecule has 0 spiro atoms. The Balaban J connectivity index is 0.00000225. The van der Waals surface area contributed by atoms with Crippen LogP contribution in [0.15, 0.2) is 16.5 Å². The number of carbonyl (C=O) groups excluding carboxylic acids is 1. The number of nitrogens with one attached hydrogen (secondary N) is 1. The van der Waals surface area contributed by atoms with Crippen LogP contribution < -0.4 is 11.1 Å². The third kappa shape index (κ3) is 4.34. The number of hydrogen-bond donors (Lipinski definition) is 2. The van der Waals surface area contributed by atoms with Crippen LogP contribution in [0.4, 0.5) is 8.78 Å². The van der Waals surface area contributed by atoms with Crippen molar-refractivity contribution in [3.8, 4) is 0 Å². The Morgan fingerprint density at radius 2 is 2.19 bits per heavy atom. The Bertz CT molecular complexity index is 358. The second kappa shape index (κ2) is 6.03. The zero-order valence-corrected chi connectivity index (χ0v) is 9.58. The zero-order valence-electron chi connectivity index (χ0n) is 8.00. The van der Waals surface area contributed by atoms with Crippen molar-refractivity contribution >= 4 is 29.9 Å². The average molecular weight is 275 g/mol. The van der Waals surface area contributed by atoms with Crippen molar-refractivity contribution in [3.63, 3.8) is 0 Å². The highest BCUT2D eigenvalue weighted by atomic mass is 35.5. The van der Waals surface area contributed by atoms with Crippen molar-refractivity contribution in [2.45, 2.75) is 5.92 Å². The molecule has 0 aliphatic rings. The van der Waals surface area contributed by atoms with E-state index in [1.165, 1.54) is 12.1 Å². The predicted octanol–water partition coefficient (Wildman–Crippen LogP) is 1.68. The van der Waals surface area contributed by atoms with Gasteiger partial charge in [0.05, 0.1) is 13.1 Å². The summed E-state index contributed by atoms with van der Waals surface area (Å²) in [6.07, 6.45) is 0. The number of furan rings is 1. The fraction of sp³-hybridized carbons (Fsp3) is 0.375. The van der Waals surface area contributed by atoms with Crippen LogP contribution in [0, 0.1) is 0 Å². The Labute approximate surface area is 102 Å². The highest BCUT2D eigenvalue weighted by Crippen LogP contribution is 2.14. The van der Waals surface area contributed by atoms with Crippen LogP contribution in [0.5, 0.6) is 0 Å². The molecule has 0 aromatic carbocycles. The van der Waals surface area contributed by atoms with E-state index in [0.29, 0.717) is 0 Å². The van der Waals surface area contributed by atoms with Crippen molar-refractivity contribution in [1.82, 2.24) is 5.32 Å². The molecule has 1 aromatic rings. The van der Waals surface area contributed by atoms with Gasteiger partial charge in [-0.25, -0.2) is 8.78 Å². The first-order valence-corrected chi connectivity index (χ1v) is 4.44. The van der Waals surface area contributed by atoms with E-state index in [4.69, 9.17) is 21.8 Å². The van der Waals surface area contributed by atoms with Crippen LogP contribution in [-0.4, -0.2) is 24.9 Å². The van der Waals surface area contributed by atoms with E-state index < -0.39 is 24.9 Å². The number of rotatable bonds is 4. The molecule has 1 rings (SSSR count). The van der Waals surface area contributed by atoms with Gasteiger partial charge in [0.1, 0.15) is 0 Å². The minimum atomic E-state index is -3.12. The largest absolute Gasteiger partial charge is 0.440 e. The summed E-state index contributed by atoms with van der Waals surface area (Å²) in [5.74, 6) is -3.99. The summed E-state index contributed by atoms with van der Waals surface area (Å²) < 4.78 is 30.0. The smallest absolute Gasteiger partial charge is 0.287 e. The SMILES string of the molecule is Cl.NCC(F)(F)CNC(=O)c1ccc(Cl)o1. The molecule has 0 radical (unpaired) electrons. The summed E-state index contributed by atoms with van der Waals surface area (Å²) in [4.78, 5) is 11.2. The average Bonchev–Trinajstić information content (AvgIpc) is 2.61. The van der Waals surface area contributed by atoms with Crippen LogP contribution in [0.2, 0.25) is 5.22 Å². The zero-order chi connectivity index (χ0) is 11.5. The van der Waals surface area contributed by atoms with Crippen LogP contribution >= 0.6 is 24.0 Å². The quantitative estimate of drug-likeness (QED) is 0.878. The second-order valence-corrected chi connectivity index (χ2v) is 3.22. The normalized spacial score (nSPS) is 10.8. The highest BCUT2D eigenvalue weighted by Gasteiger charge is 2.27. The first-order chi connectivity index (χ1) is 6.94. The van der Waals surface area contributed by atoms with Gasteiger partial charge in [0, 0.05) is 0 Å². The fourth-order valence-electron chi connectivity index (χ4n) is 0.805. The first kappa shape index (κ1) is 15.2. The van der Waals surface area contributed by atoms with Gasteiger partial charge in [-0.15, -0.1) is 12.4 Å². The molecule has 1 heterocycles. The molecule has 0 saturated heterocycles. The molecule has 0 bridgehead atoms. The third-order valence-corrected chi connectivity index (χ3v) is 1.81. The lowest BCUT2D eigenvalue weighted by atomic mass is 10.3. The van der Waals surface area contributed by atoms with Crippen molar-refractivity contribution in [2.75, 3.05) is 13.1 Å². The minimum Gasteiger partial charge on any atom is -0.440 e. The first-order valence-electron chi connectivity index (χ1n) is 4.06. The summed E-state index contributed by atoms with van der Waals surface area (Å²) in [6, 6.07) is 2.63. The number of alkyl halides is 2. The maximum atomic E-state index is 12.6. The van der Waals surface area contributed by atoms with Crippen LogP contribution in [0.1, 0.15) is 10.6 Å². The van der Waals surface area contributed by atoms with Gasteiger partial charge in [0.2, 0.25) is 0 Å². The molecule has 0 aliphatic heterocycles. The lowest BCUT2D eigenvalue weighted by Gasteiger charge is -2.13. The molecule has 0 aliphatic carbocycles. The number of hydrogen-bond acceptors (Lipinski definition) is 3. The van der Waals surface area contributed by atoms with Gasteiger partial charge in [-0.05, 0) is 23.7 Å². The van der Waals surface area contributed by atoms with Gasteiger partial charge in [-0.2, -0.15) is 0 Å². The molecule has 4 nitrogen and oxygen atoms in total. The minimum absolute atomic E-state index is 0. The standard InChI is InChI=1S/C8H9ClF2N2O2.ClH/c9-6-2-1-5(15-6)7(14)13-4-8(10,11)3-12;/h1-2H,3-4,12H2,(H,13,14);1H. The summed E-state index contributed by atoms with van der Waals surface area (Å²) in [5.41, 5.74) is 4.79. The lowest BCUT2D eigenvalue weighted by Crippen LogP contribution is -2.41. The van der Waals surface area contributed by atoms with E-state index in [1.807, 2.05) is 5.32 Å². The Morgan fingerprint density at radius 1 is 1.56 bits per heavy atom. The van der Waals surface area contributed by atoms with E-state index in [2.05, 4.69) is 0 Å². The highest BCUT2D eigenvalue weighted by molar-refractivity contribution is 6.29. The van der Waals surface area contributed by atoms with E-state index in [1.54, 1.807) is 0 Å². The van der Waals surface area contributed by atoms with Crippen LogP contribution in [-0.2, 0) is 0 Å². The Kier molecular flexibility index (Phi) is 5.71. The van der Waals surface area contributed by atoms with Crippen molar-refractivity contribution in [3.05, 3.63) is 23.1 Å². The molecule has 1 aromatic heterocycles. The fourth-order valence-corrected chi connectivity index (χ4v) is 0.951. The third-order valence-electron chi connectivity index (χ3n) is 1.60. The molecule has 8 heteroatoms. The van der Waals surface area contributed by atoms with Crippen molar-refractivity contribution < 1.29 is 18.0 Å². The van der Waals surface area contributed by atoms with Gasteiger partial charge < -0.3 is 15.5 Å². The molecule has 3 N–H and O–H groups in total. The number of halogens is 4. The van der Waals surface area contributed by atoms with Crippen LogP contribution in [0.25, 0.3) is 0 Å². The maximum absolute atomic E-state index is 12.6. The predicted molar refractivity (Wildman–Crippen MR) is 57.3 cm³/mol. The van der Waals surface area contributed by atoms with Gasteiger partial charge in [0.15, 0.2) is 11.0 Å². The Morgan fingerprint density at radius 3 is 2.62 bits per heavy atom. The molecule has 16 heavy (non-hydrogen) atoms. The van der Waals surface area contributed by atoms with E-state index in [9.17, 15) is 13.6 Å². The number of nitrogens with two attached hydrogens (primary N) is 1. The summed E-state index contributed by atoms with van der Waals surface area (Å²) >= 11 is 5.41. The molecule has 0 unspecified atom stereocenters. The molecule has 1 amide bonds. The number of amides is 1. The summed E-state index contributed by atoms with van der Waals surface area (Å²) in [5, 5.41) is 2.00. The Hall–Kier alpha value is -0.850. The number of carbonyl (C=O) groups is 1. The van der Waals surface area contributed by atoms with Crippen molar-refractivity contribution in [1.29, 1.82) is 0 Å². The van der Waals surface area contributed by atoms with E-state index in [0.717, 1.165) is 0 Å². The molecular formula is C8H10Cl2F2N2O2. The van der Waals surface area contributed by atoms with Gasteiger partial charge in [-0.1, -0.05) is 0 Å². The summed E-state index contributed by atoms with van der Waals surface area (Å²) in [6.45, 7) is -1.66. The molecular weight excluding hydrogens is 265 g/mol. The lowest BCUT2D eigenvalue weighted by molar-refractivity contribution is 0.0116. The summed E-state index contributed by atoms with van der Waals surface area (Å²) in [7, 11) is 0. The molecule has 0 saturated carbocycles. The molecule has 0 fully saturated rings. The maximum Gasteiger partial charge on any atom is 0.287 e. The topological polar surface area (TPSA) is 68.3 Å². The van der Waals surface area contributed by atoms with E-state index >= 15 is 0 Å². The van der Waals surface area contributed by atoms with Gasteiger partial charge in [-0.3, -0.25) is 4.79 Å².